The molecule has 0 unspecified atom stereocenters. The van der Waals surface area contributed by atoms with Crippen LogP contribution in [0.25, 0.3) is 5.76 Å². The largest absolute Gasteiger partial charge is 0.483 e. The molecule has 1 amide bonds. The SMILES string of the molecule is COC(=O)C1CCC(C/C(=C/Cc2cccc(C(=O)Nc3sc4c(c3C3=CC(C)(C)O3)CCCC4)c2)C(C)C)CC1. The Balaban J connectivity index is 1.26. The lowest BCUT2D eigenvalue weighted by Crippen LogP contribution is -2.30. The molecule has 1 saturated carbocycles. The van der Waals surface area contributed by atoms with Gasteiger partial charge < -0.3 is 14.8 Å². The van der Waals surface area contributed by atoms with E-state index in [0.717, 1.165) is 73.3 Å². The average Bonchev–Trinajstić information content (AvgIpc) is 3.31. The minimum atomic E-state index is -0.251. The van der Waals surface area contributed by atoms with Crippen molar-refractivity contribution in [3.63, 3.8) is 0 Å². The highest BCUT2D eigenvalue weighted by Crippen LogP contribution is 2.47. The van der Waals surface area contributed by atoms with E-state index < -0.39 is 0 Å². The van der Waals surface area contributed by atoms with E-state index >= 15 is 0 Å². The molecule has 1 aromatic carbocycles. The van der Waals surface area contributed by atoms with E-state index in [1.165, 1.54) is 36.0 Å². The van der Waals surface area contributed by atoms with Gasteiger partial charge in [0.15, 0.2) is 0 Å². The second-order valence-corrected chi connectivity index (χ2v) is 14.0. The van der Waals surface area contributed by atoms with Crippen LogP contribution in [0.5, 0.6) is 0 Å². The van der Waals surface area contributed by atoms with Gasteiger partial charge in [0, 0.05) is 16.5 Å². The smallest absolute Gasteiger partial charge is 0.308 e. The van der Waals surface area contributed by atoms with Crippen molar-refractivity contribution in [1.82, 2.24) is 0 Å². The molecule has 0 bridgehead atoms. The molecule has 0 radical (unpaired) electrons. The molecule has 2 heterocycles. The highest BCUT2D eigenvalue weighted by atomic mass is 32.1. The fourth-order valence-corrected chi connectivity index (χ4v) is 7.85. The zero-order valence-corrected chi connectivity index (χ0v) is 26.1. The Bertz CT molecular complexity index is 1340. The van der Waals surface area contributed by atoms with Crippen molar-refractivity contribution in [2.45, 2.75) is 97.5 Å². The Morgan fingerprint density at radius 2 is 1.88 bits per heavy atom. The molecule has 1 fully saturated rings. The van der Waals surface area contributed by atoms with Gasteiger partial charge in [-0.25, -0.2) is 0 Å². The van der Waals surface area contributed by atoms with Crippen LogP contribution in [0.3, 0.4) is 0 Å². The highest BCUT2D eigenvalue weighted by Gasteiger charge is 2.35. The van der Waals surface area contributed by atoms with Gasteiger partial charge in [-0.2, -0.15) is 0 Å². The monoisotopic (exact) mass is 575 g/mol. The van der Waals surface area contributed by atoms with Crippen molar-refractivity contribution in [2.75, 3.05) is 12.4 Å². The van der Waals surface area contributed by atoms with Gasteiger partial charge in [0.25, 0.3) is 5.91 Å². The predicted octanol–water partition coefficient (Wildman–Crippen LogP) is 8.52. The summed E-state index contributed by atoms with van der Waals surface area (Å²) < 4.78 is 11.1. The third-order valence-electron chi connectivity index (χ3n) is 8.93. The molecule has 1 N–H and O–H groups in total. The first-order valence-electron chi connectivity index (χ1n) is 15.4. The summed E-state index contributed by atoms with van der Waals surface area (Å²) in [5.41, 5.74) is 5.49. The van der Waals surface area contributed by atoms with E-state index in [-0.39, 0.29) is 23.4 Å². The number of hydrogen-bond donors (Lipinski definition) is 1. The van der Waals surface area contributed by atoms with Gasteiger partial charge in [0.05, 0.1) is 18.6 Å². The van der Waals surface area contributed by atoms with Crippen molar-refractivity contribution < 1.29 is 19.1 Å². The lowest BCUT2D eigenvalue weighted by atomic mass is 9.77. The molecule has 3 aliphatic rings. The van der Waals surface area contributed by atoms with Crippen LogP contribution in [0.1, 0.15) is 105 Å². The van der Waals surface area contributed by atoms with Crippen molar-refractivity contribution in [3.8, 4) is 0 Å². The molecule has 0 spiro atoms. The molecule has 2 aliphatic carbocycles. The first-order chi connectivity index (χ1) is 19.6. The van der Waals surface area contributed by atoms with Crippen LogP contribution in [0, 0.1) is 17.8 Å². The fourth-order valence-electron chi connectivity index (χ4n) is 6.56. The third kappa shape index (κ3) is 6.97. The first-order valence-corrected chi connectivity index (χ1v) is 16.2. The number of aryl methyl sites for hydroxylation is 1. The number of ether oxygens (including phenoxy) is 2. The molecule has 1 aromatic heterocycles. The maximum atomic E-state index is 13.5. The fraction of sp³-hybridized carbons (Fsp3) is 0.543. The van der Waals surface area contributed by atoms with Gasteiger partial charge in [0.1, 0.15) is 16.4 Å². The summed E-state index contributed by atoms with van der Waals surface area (Å²) in [4.78, 5) is 26.8. The minimum absolute atomic E-state index is 0.0562. The zero-order chi connectivity index (χ0) is 29.1. The number of carbonyl (C=O) groups excluding carboxylic acids is 2. The van der Waals surface area contributed by atoms with E-state index in [0.29, 0.717) is 17.4 Å². The van der Waals surface area contributed by atoms with Gasteiger partial charge in [-0.05, 0) is 113 Å². The topological polar surface area (TPSA) is 64.6 Å². The molecule has 0 atom stereocenters. The predicted molar refractivity (Wildman–Crippen MR) is 167 cm³/mol. The maximum absolute atomic E-state index is 13.5. The van der Waals surface area contributed by atoms with Crippen molar-refractivity contribution in [1.29, 1.82) is 0 Å². The minimum Gasteiger partial charge on any atom is -0.483 e. The van der Waals surface area contributed by atoms with Gasteiger partial charge in [0.2, 0.25) is 0 Å². The van der Waals surface area contributed by atoms with E-state index in [1.54, 1.807) is 11.3 Å². The van der Waals surface area contributed by atoms with Crippen LogP contribution in [0.2, 0.25) is 0 Å². The molecule has 6 heteroatoms. The molecule has 5 rings (SSSR count). The molecule has 220 valence electrons. The number of esters is 1. The Kier molecular flexibility index (Phi) is 9.08. The molecule has 5 nitrogen and oxygen atoms in total. The molecular weight excluding hydrogens is 530 g/mol. The summed E-state index contributed by atoms with van der Waals surface area (Å²) in [7, 11) is 1.49. The Morgan fingerprint density at radius 1 is 1.15 bits per heavy atom. The highest BCUT2D eigenvalue weighted by molar-refractivity contribution is 7.16. The molecule has 2 aromatic rings. The summed E-state index contributed by atoms with van der Waals surface area (Å²) >= 11 is 1.72. The number of methoxy groups -OCH3 is 1. The Labute approximate surface area is 249 Å². The number of hydrogen-bond acceptors (Lipinski definition) is 5. The Hall–Kier alpha value is -2.86. The quantitative estimate of drug-likeness (QED) is 0.240. The normalized spacial score (nSPS) is 21.8. The maximum Gasteiger partial charge on any atom is 0.308 e. The molecule has 0 saturated heterocycles. The third-order valence-corrected chi connectivity index (χ3v) is 10.1. The van der Waals surface area contributed by atoms with E-state index in [2.05, 4.69) is 51.2 Å². The van der Waals surface area contributed by atoms with Crippen molar-refractivity contribution in [2.24, 2.45) is 17.8 Å². The van der Waals surface area contributed by atoms with Crippen LogP contribution in [0.15, 0.2) is 42.0 Å². The van der Waals surface area contributed by atoms with Crippen LogP contribution in [-0.2, 0) is 33.5 Å². The number of fused-ring (bicyclic) bond motifs is 1. The number of amides is 1. The number of benzene rings is 1. The van der Waals surface area contributed by atoms with Crippen molar-refractivity contribution in [3.05, 3.63) is 69.1 Å². The summed E-state index contributed by atoms with van der Waals surface area (Å²) in [6.07, 6.45) is 14.9. The zero-order valence-electron chi connectivity index (χ0n) is 25.3. The lowest BCUT2D eigenvalue weighted by Gasteiger charge is -2.35. The van der Waals surface area contributed by atoms with Crippen LogP contribution in [0.4, 0.5) is 5.00 Å². The summed E-state index contributed by atoms with van der Waals surface area (Å²) in [6, 6.07) is 8.03. The van der Waals surface area contributed by atoms with E-state index in [4.69, 9.17) is 9.47 Å². The van der Waals surface area contributed by atoms with E-state index in [1.807, 2.05) is 18.2 Å². The lowest BCUT2D eigenvalue weighted by molar-refractivity contribution is -0.146. The van der Waals surface area contributed by atoms with Crippen LogP contribution in [-0.4, -0.2) is 24.6 Å². The molecule has 41 heavy (non-hydrogen) atoms. The van der Waals surface area contributed by atoms with Gasteiger partial charge in [-0.15, -0.1) is 11.3 Å². The van der Waals surface area contributed by atoms with Crippen LogP contribution >= 0.6 is 11.3 Å². The Morgan fingerprint density at radius 3 is 2.56 bits per heavy atom. The summed E-state index contributed by atoms with van der Waals surface area (Å²) in [5, 5.41) is 4.17. The number of rotatable bonds is 9. The second kappa shape index (κ2) is 12.6. The number of thiophene rings is 1. The number of nitrogens with one attached hydrogen (secondary N) is 1. The standard InChI is InChI=1S/C35H45NO4S/c1-22(2)26(19-24-13-16-25(17-14-24)34(38)39-5)18-15-23-9-8-10-27(20-23)32(37)36-33-31(29-21-35(3,4)40-29)28-11-6-7-12-30(28)41-33/h8-10,18,20-22,24-25H,6-7,11-17,19H2,1-5H3,(H,36,37)/b26-18-. The van der Waals surface area contributed by atoms with Gasteiger partial charge in [-0.3, -0.25) is 9.59 Å². The second-order valence-electron chi connectivity index (χ2n) is 12.9. The van der Waals surface area contributed by atoms with Gasteiger partial charge >= 0.3 is 5.97 Å². The average molecular weight is 576 g/mol. The summed E-state index contributed by atoms with van der Waals surface area (Å²) in [5.74, 6) is 1.94. The number of allylic oxidation sites excluding steroid dienone is 2. The van der Waals surface area contributed by atoms with Gasteiger partial charge in [-0.1, -0.05) is 37.6 Å². The van der Waals surface area contributed by atoms with Crippen molar-refractivity contribution >= 4 is 34.0 Å². The first kappa shape index (κ1) is 29.6. The van der Waals surface area contributed by atoms with E-state index in [9.17, 15) is 9.59 Å². The summed E-state index contributed by atoms with van der Waals surface area (Å²) in [6.45, 7) is 8.65. The number of carbonyl (C=O) groups is 2. The molecular formula is C35H45NO4S. The number of anilines is 1. The molecule has 1 aliphatic heterocycles. The van der Waals surface area contributed by atoms with Crippen LogP contribution < -0.4 is 5.32 Å².